The summed E-state index contributed by atoms with van der Waals surface area (Å²) in [5, 5.41) is 2.70. The molecule has 158 valence electrons. The minimum Gasteiger partial charge on any atom is -0.484 e. The van der Waals surface area contributed by atoms with Gasteiger partial charge in [0.15, 0.2) is 6.61 Å². The van der Waals surface area contributed by atoms with Crippen molar-refractivity contribution in [3.8, 4) is 5.75 Å². The fraction of sp³-hybridized carbons (Fsp3) is 0.409. The molecule has 0 aromatic heterocycles. The number of nitrogens with one attached hydrogen (secondary N) is 2. The molecule has 0 atom stereocenters. The lowest BCUT2D eigenvalue weighted by atomic mass is 9.82. The number of hydrogen-bond donors (Lipinski definition) is 2. The van der Waals surface area contributed by atoms with E-state index in [0.29, 0.717) is 24.4 Å². The van der Waals surface area contributed by atoms with Crippen LogP contribution in [0.3, 0.4) is 0 Å². The van der Waals surface area contributed by atoms with Crippen LogP contribution >= 0.6 is 0 Å². The van der Waals surface area contributed by atoms with Gasteiger partial charge in [-0.3, -0.25) is 4.79 Å². The fourth-order valence-corrected chi connectivity index (χ4v) is 3.72. The van der Waals surface area contributed by atoms with Crippen LogP contribution in [-0.2, 0) is 20.2 Å². The molecule has 2 N–H and O–H groups in total. The van der Waals surface area contributed by atoms with Gasteiger partial charge in [-0.05, 0) is 60.2 Å². The smallest absolute Gasteiger partial charge is 0.262 e. The van der Waals surface area contributed by atoms with Gasteiger partial charge in [0.1, 0.15) is 5.75 Å². The SMILES string of the molecule is CCCNS(=O)(=O)c1ccc(NC(=O)COc2ccc(C(C)(C)CC)cc2)cc1. The Morgan fingerprint density at radius 2 is 1.62 bits per heavy atom. The summed E-state index contributed by atoms with van der Waals surface area (Å²) in [6, 6.07) is 13.8. The second-order valence-electron chi connectivity index (χ2n) is 7.52. The molecule has 2 aromatic rings. The Kier molecular flexibility index (Phi) is 7.81. The maximum absolute atomic E-state index is 12.1. The van der Waals surface area contributed by atoms with Crippen molar-refractivity contribution < 1.29 is 17.9 Å². The number of carbonyl (C=O) groups is 1. The Hall–Kier alpha value is -2.38. The first-order chi connectivity index (χ1) is 13.7. The Morgan fingerprint density at radius 1 is 1.00 bits per heavy atom. The van der Waals surface area contributed by atoms with Gasteiger partial charge < -0.3 is 10.1 Å². The minimum atomic E-state index is -3.52. The number of carbonyl (C=O) groups excluding carboxylic acids is 1. The second kappa shape index (κ2) is 9.89. The summed E-state index contributed by atoms with van der Waals surface area (Å²) in [5.41, 5.74) is 1.83. The van der Waals surface area contributed by atoms with Crippen LogP contribution < -0.4 is 14.8 Å². The molecule has 0 aliphatic heterocycles. The van der Waals surface area contributed by atoms with Crippen LogP contribution in [0.25, 0.3) is 0 Å². The van der Waals surface area contributed by atoms with Crippen molar-refractivity contribution in [2.45, 2.75) is 50.8 Å². The number of benzene rings is 2. The molecule has 0 saturated heterocycles. The van der Waals surface area contributed by atoms with E-state index in [2.05, 4.69) is 30.8 Å². The van der Waals surface area contributed by atoms with Crippen LogP contribution in [0.1, 0.15) is 46.1 Å². The third-order valence-electron chi connectivity index (χ3n) is 4.88. The first-order valence-corrected chi connectivity index (χ1v) is 11.3. The normalized spacial score (nSPS) is 11.9. The molecule has 29 heavy (non-hydrogen) atoms. The van der Waals surface area contributed by atoms with Gasteiger partial charge in [0.25, 0.3) is 5.91 Å². The molecular weight excluding hydrogens is 388 g/mol. The second-order valence-corrected chi connectivity index (χ2v) is 9.29. The van der Waals surface area contributed by atoms with Gasteiger partial charge in [-0.1, -0.05) is 39.8 Å². The van der Waals surface area contributed by atoms with Crippen LogP contribution in [0.2, 0.25) is 0 Å². The van der Waals surface area contributed by atoms with Crippen molar-refractivity contribution in [2.24, 2.45) is 0 Å². The number of ether oxygens (including phenoxy) is 1. The van der Waals surface area contributed by atoms with Gasteiger partial charge in [-0.15, -0.1) is 0 Å². The summed E-state index contributed by atoms with van der Waals surface area (Å²) < 4.78 is 32.2. The van der Waals surface area contributed by atoms with Crippen molar-refractivity contribution in [3.05, 3.63) is 54.1 Å². The molecule has 1 amide bonds. The summed E-state index contributed by atoms with van der Waals surface area (Å²) in [4.78, 5) is 12.3. The van der Waals surface area contributed by atoms with Crippen LogP contribution in [0.15, 0.2) is 53.4 Å². The number of rotatable bonds is 10. The molecule has 2 aromatic carbocycles. The fourth-order valence-electron chi connectivity index (χ4n) is 2.59. The number of sulfonamides is 1. The summed E-state index contributed by atoms with van der Waals surface area (Å²) in [6.07, 6.45) is 1.75. The van der Waals surface area contributed by atoms with E-state index in [1.807, 2.05) is 31.2 Å². The van der Waals surface area contributed by atoms with Gasteiger partial charge in [-0.2, -0.15) is 0 Å². The van der Waals surface area contributed by atoms with Crippen LogP contribution in [-0.4, -0.2) is 27.5 Å². The molecule has 0 heterocycles. The molecule has 0 radical (unpaired) electrons. The standard InChI is InChI=1S/C22H30N2O4S/c1-5-15-23-29(26,27)20-13-9-18(10-14-20)24-21(25)16-28-19-11-7-17(8-12-19)22(3,4)6-2/h7-14,23H,5-6,15-16H2,1-4H3,(H,24,25). The highest BCUT2D eigenvalue weighted by molar-refractivity contribution is 7.89. The molecular formula is C22H30N2O4S. The first kappa shape index (κ1) is 22.9. The average Bonchev–Trinajstić information content (AvgIpc) is 2.71. The molecule has 6 nitrogen and oxygen atoms in total. The quantitative estimate of drug-likeness (QED) is 0.609. The molecule has 0 saturated carbocycles. The van der Waals surface area contributed by atoms with E-state index in [0.717, 1.165) is 6.42 Å². The Labute approximate surface area is 173 Å². The molecule has 0 bridgehead atoms. The zero-order valence-corrected chi connectivity index (χ0v) is 18.3. The van der Waals surface area contributed by atoms with Crippen LogP contribution in [0.4, 0.5) is 5.69 Å². The highest BCUT2D eigenvalue weighted by Gasteiger charge is 2.17. The number of anilines is 1. The van der Waals surface area contributed by atoms with Crippen LogP contribution in [0, 0.1) is 0 Å². The molecule has 2 rings (SSSR count). The lowest BCUT2D eigenvalue weighted by Gasteiger charge is -2.23. The summed E-state index contributed by atoms with van der Waals surface area (Å²) in [7, 11) is -3.52. The third-order valence-corrected chi connectivity index (χ3v) is 6.36. The lowest BCUT2D eigenvalue weighted by molar-refractivity contribution is -0.118. The Bertz CT molecular complexity index is 905. The van der Waals surface area contributed by atoms with E-state index in [4.69, 9.17) is 4.74 Å². The number of amides is 1. The molecule has 0 unspecified atom stereocenters. The zero-order valence-electron chi connectivity index (χ0n) is 17.5. The van der Waals surface area contributed by atoms with E-state index in [9.17, 15) is 13.2 Å². The van der Waals surface area contributed by atoms with Crippen molar-refractivity contribution in [1.82, 2.24) is 4.72 Å². The van der Waals surface area contributed by atoms with Crippen molar-refractivity contribution in [2.75, 3.05) is 18.5 Å². The third kappa shape index (κ3) is 6.58. The van der Waals surface area contributed by atoms with Gasteiger partial charge >= 0.3 is 0 Å². The van der Waals surface area contributed by atoms with E-state index >= 15 is 0 Å². The van der Waals surface area contributed by atoms with E-state index in [-0.39, 0.29) is 22.8 Å². The Balaban J connectivity index is 1.89. The molecule has 0 aliphatic rings. The molecule has 7 heteroatoms. The van der Waals surface area contributed by atoms with Gasteiger partial charge in [0.05, 0.1) is 4.90 Å². The summed E-state index contributed by atoms with van der Waals surface area (Å²) >= 11 is 0. The maximum atomic E-state index is 12.1. The first-order valence-electron chi connectivity index (χ1n) is 9.81. The summed E-state index contributed by atoms with van der Waals surface area (Å²) in [5.74, 6) is 0.307. The zero-order chi connectivity index (χ0) is 21.5. The lowest BCUT2D eigenvalue weighted by Crippen LogP contribution is -2.24. The van der Waals surface area contributed by atoms with Gasteiger partial charge in [0, 0.05) is 12.2 Å². The van der Waals surface area contributed by atoms with E-state index in [1.54, 1.807) is 12.1 Å². The minimum absolute atomic E-state index is 0.0988. The predicted octanol–water partition coefficient (Wildman–Crippen LogP) is 4.08. The topological polar surface area (TPSA) is 84.5 Å². The molecule has 0 spiro atoms. The Morgan fingerprint density at radius 3 is 2.17 bits per heavy atom. The van der Waals surface area contributed by atoms with Gasteiger partial charge in [-0.25, -0.2) is 13.1 Å². The van der Waals surface area contributed by atoms with E-state index < -0.39 is 10.0 Å². The highest BCUT2D eigenvalue weighted by atomic mass is 32.2. The highest BCUT2D eigenvalue weighted by Crippen LogP contribution is 2.28. The van der Waals surface area contributed by atoms with Gasteiger partial charge in [0.2, 0.25) is 10.0 Å². The van der Waals surface area contributed by atoms with Crippen molar-refractivity contribution in [1.29, 1.82) is 0 Å². The molecule has 0 aliphatic carbocycles. The van der Waals surface area contributed by atoms with E-state index in [1.165, 1.54) is 17.7 Å². The monoisotopic (exact) mass is 418 g/mol. The van der Waals surface area contributed by atoms with Crippen molar-refractivity contribution >= 4 is 21.6 Å². The van der Waals surface area contributed by atoms with Crippen molar-refractivity contribution in [3.63, 3.8) is 0 Å². The maximum Gasteiger partial charge on any atom is 0.262 e. The molecule has 0 fully saturated rings. The largest absolute Gasteiger partial charge is 0.484 e. The number of hydrogen-bond acceptors (Lipinski definition) is 4. The summed E-state index contributed by atoms with van der Waals surface area (Å²) in [6.45, 7) is 8.67. The average molecular weight is 419 g/mol. The van der Waals surface area contributed by atoms with Crippen LogP contribution in [0.5, 0.6) is 5.75 Å². The predicted molar refractivity (Wildman–Crippen MR) is 116 cm³/mol.